The SMILES string of the molecule is C[N-]CCCN(C)CCC[N-]C.[Na+].[Na+]. The first-order valence-corrected chi connectivity index (χ1v) is 4.61. The van der Waals surface area contributed by atoms with Crippen molar-refractivity contribution >= 4 is 0 Å². The molecule has 0 radical (unpaired) electrons. The third-order valence-corrected chi connectivity index (χ3v) is 1.84. The van der Waals surface area contributed by atoms with E-state index in [9.17, 15) is 0 Å². The van der Waals surface area contributed by atoms with Crippen LogP contribution in [0.1, 0.15) is 12.8 Å². The van der Waals surface area contributed by atoms with Crippen molar-refractivity contribution in [3.8, 4) is 0 Å². The van der Waals surface area contributed by atoms with Gasteiger partial charge in [-0.2, -0.15) is 14.1 Å². The molecule has 0 heterocycles. The number of rotatable bonds is 8. The predicted octanol–water partition coefficient (Wildman–Crippen LogP) is -4.29. The maximum absolute atomic E-state index is 4.06. The fourth-order valence-corrected chi connectivity index (χ4v) is 1.11. The zero-order valence-corrected chi connectivity index (χ0v) is 14.6. The van der Waals surface area contributed by atoms with Crippen LogP contribution >= 0.6 is 0 Å². The molecule has 0 spiro atoms. The van der Waals surface area contributed by atoms with Gasteiger partial charge in [0.25, 0.3) is 0 Å². The van der Waals surface area contributed by atoms with Gasteiger partial charge in [-0.25, -0.2) is 0 Å². The van der Waals surface area contributed by atoms with Crippen LogP contribution in [0.25, 0.3) is 10.6 Å². The molecule has 5 heteroatoms. The van der Waals surface area contributed by atoms with E-state index in [4.69, 9.17) is 0 Å². The summed E-state index contributed by atoms with van der Waals surface area (Å²) in [5, 5.41) is 8.12. The Hall–Kier alpha value is 1.88. The summed E-state index contributed by atoms with van der Waals surface area (Å²) in [4.78, 5) is 2.34. The summed E-state index contributed by atoms with van der Waals surface area (Å²) in [7, 11) is 5.90. The maximum Gasteiger partial charge on any atom is 1.00 e. The van der Waals surface area contributed by atoms with E-state index in [2.05, 4.69) is 22.6 Å². The first kappa shape index (κ1) is 21.2. The molecule has 0 saturated carbocycles. The van der Waals surface area contributed by atoms with Crippen LogP contribution in [0.2, 0.25) is 0 Å². The molecule has 14 heavy (non-hydrogen) atoms. The van der Waals surface area contributed by atoms with Crippen molar-refractivity contribution in [1.29, 1.82) is 0 Å². The molecule has 0 atom stereocenters. The smallest absolute Gasteiger partial charge is 0.665 e. The number of hydrogen-bond acceptors (Lipinski definition) is 1. The minimum absolute atomic E-state index is 0. The van der Waals surface area contributed by atoms with Crippen LogP contribution in [0.5, 0.6) is 0 Å². The molecule has 0 rings (SSSR count). The second-order valence-electron chi connectivity index (χ2n) is 3.09. The molecular formula is C9H21N3Na2. The molecule has 0 fully saturated rings. The molecule has 0 amide bonds. The Balaban J connectivity index is -0.000000605. The molecule has 0 saturated heterocycles. The van der Waals surface area contributed by atoms with Gasteiger partial charge in [-0.05, 0) is 20.1 Å². The standard InChI is InChI=1S/C9H21N3.2Na/c1-10-6-4-8-12(3)9-5-7-11-2;;/h4-9H2,1-3H3;;/q-2;2*+1. The molecule has 0 aromatic rings. The Morgan fingerprint density at radius 1 is 0.857 bits per heavy atom. The second-order valence-corrected chi connectivity index (χ2v) is 3.09. The van der Waals surface area contributed by atoms with Crippen LogP contribution in [0.3, 0.4) is 0 Å². The van der Waals surface area contributed by atoms with E-state index in [1.807, 2.05) is 14.1 Å². The van der Waals surface area contributed by atoms with Crippen LogP contribution in [-0.4, -0.2) is 52.2 Å². The molecule has 0 bridgehead atoms. The third kappa shape index (κ3) is 16.3. The Morgan fingerprint density at radius 2 is 1.21 bits per heavy atom. The molecule has 0 aliphatic rings. The quantitative estimate of drug-likeness (QED) is 0.299. The summed E-state index contributed by atoms with van der Waals surface area (Å²) in [6.45, 7) is 4.28. The van der Waals surface area contributed by atoms with Crippen LogP contribution in [0, 0.1) is 0 Å². The van der Waals surface area contributed by atoms with Crippen molar-refractivity contribution < 1.29 is 59.1 Å². The minimum Gasteiger partial charge on any atom is -0.665 e. The van der Waals surface area contributed by atoms with Gasteiger partial charge in [0.15, 0.2) is 0 Å². The fraction of sp³-hybridized carbons (Fsp3) is 1.00. The molecule has 0 aliphatic heterocycles. The number of hydrogen-bond donors (Lipinski definition) is 0. The van der Waals surface area contributed by atoms with Crippen molar-refractivity contribution in [3.05, 3.63) is 10.6 Å². The van der Waals surface area contributed by atoms with Gasteiger partial charge in [0, 0.05) is 0 Å². The Labute approximate surface area is 133 Å². The van der Waals surface area contributed by atoms with Crippen LogP contribution in [0.15, 0.2) is 0 Å². The van der Waals surface area contributed by atoms with E-state index in [0.717, 1.165) is 26.2 Å². The van der Waals surface area contributed by atoms with E-state index < -0.39 is 0 Å². The minimum atomic E-state index is 0. The average Bonchev–Trinajstić information content (AvgIpc) is 2.06. The molecule has 0 aromatic carbocycles. The summed E-state index contributed by atoms with van der Waals surface area (Å²) in [6, 6.07) is 0. The third-order valence-electron chi connectivity index (χ3n) is 1.84. The van der Waals surface area contributed by atoms with Crippen molar-refractivity contribution in [2.45, 2.75) is 12.8 Å². The van der Waals surface area contributed by atoms with E-state index >= 15 is 0 Å². The van der Waals surface area contributed by atoms with Gasteiger partial charge in [0.1, 0.15) is 0 Å². The summed E-state index contributed by atoms with van der Waals surface area (Å²) >= 11 is 0. The Bertz CT molecular complexity index is 84.1. The molecule has 0 N–H and O–H groups in total. The van der Waals surface area contributed by atoms with E-state index in [-0.39, 0.29) is 59.1 Å². The monoisotopic (exact) mass is 217 g/mol. The van der Waals surface area contributed by atoms with Gasteiger partial charge in [-0.15, -0.1) is 13.1 Å². The zero-order valence-electron chi connectivity index (χ0n) is 10.6. The molecule has 74 valence electrons. The number of nitrogens with zero attached hydrogens (tertiary/aromatic N) is 3. The largest absolute Gasteiger partial charge is 1.00 e. The molecule has 0 aliphatic carbocycles. The van der Waals surface area contributed by atoms with E-state index in [1.54, 1.807) is 0 Å². The van der Waals surface area contributed by atoms with Crippen molar-refractivity contribution in [2.75, 3.05) is 47.3 Å². The maximum atomic E-state index is 4.06. The zero-order chi connectivity index (χ0) is 9.23. The van der Waals surface area contributed by atoms with Gasteiger partial charge in [0.05, 0.1) is 0 Å². The van der Waals surface area contributed by atoms with E-state index in [0.29, 0.717) is 0 Å². The van der Waals surface area contributed by atoms with Gasteiger partial charge in [-0.1, -0.05) is 12.8 Å². The first-order valence-electron chi connectivity index (χ1n) is 4.61. The van der Waals surface area contributed by atoms with Crippen molar-refractivity contribution in [1.82, 2.24) is 4.90 Å². The average molecular weight is 217 g/mol. The van der Waals surface area contributed by atoms with Crippen molar-refractivity contribution in [2.24, 2.45) is 0 Å². The summed E-state index contributed by atoms with van der Waals surface area (Å²) in [6.07, 6.45) is 2.35. The van der Waals surface area contributed by atoms with Crippen LogP contribution < -0.4 is 59.1 Å². The molecule has 0 unspecified atom stereocenters. The van der Waals surface area contributed by atoms with Gasteiger partial charge in [0.2, 0.25) is 0 Å². The first-order chi connectivity index (χ1) is 5.81. The Kier molecular flexibility index (Phi) is 26.2. The second kappa shape index (κ2) is 17.3. The molecular weight excluding hydrogens is 196 g/mol. The van der Waals surface area contributed by atoms with Gasteiger partial charge in [-0.3, -0.25) is 0 Å². The summed E-state index contributed by atoms with van der Waals surface area (Å²) < 4.78 is 0. The van der Waals surface area contributed by atoms with Crippen LogP contribution in [0.4, 0.5) is 0 Å². The normalized spacial score (nSPS) is 9.43. The summed E-state index contributed by atoms with van der Waals surface area (Å²) in [5.41, 5.74) is 0. The van der Waals surface area contributed by atoms with Crippen LogP contribution in [-0.2, 0) is 0 Å². The van der Waals surface area contributed by atoms with Crippen molar-refractivity contribution in [3.63, 3.8) is 0 Å². The predicted molar refractivity (Wildman–Crippen MR) is 55.0 cm³/mol. The molecule has 3 nitrogen and oxygen atoms in total. The van der Waals surface area contributed by atoms with Gasteiger partial charge >= 0.3 is 59.1 Å². The topological polar surface area (TPSA) is 31.4 Å². The van der Waals surface area contributed by atoms with Gasteiger partial charge < -0.3 is 15.5 Å². The molecule has 0 aromatic heterocycles. The Morgan fingerprint density at radius 3 is 1.50 bits per heavy atom. The van der Waals surface area contributed by atoms with E-state index in [1.165, 1.54) is 12.8 Å². The fourth-order valence-electron chi connectivity index (χ4n) is 1.11. The summed E-state index contributed by atoms with van der Waals surface area (Å²) in [5.74, 6) is 0.